The minimum atomic E-state index is -0.538. The maximum Gasteiger partial charge on any atom is 0.230 e. The van der Waals surface area contributed by atoms with Crippen molar-refractivity contribution in [3.05, 3.63) is 35.9 Å². The van der Waals surface area contributed by atoms with Gasteiger partial charge in [0, 0.05) is 18.6 Å². The standard InChI is InChI=1S/C16H23NO2/c1-16(2,13-8-4-3-5-9-13)15(19)17-14-10-6-7-12(14)11-18/h3-5,8-9,12,14,18H,6-7,10-11H2,1-2H3,(H,17,19). The molecule has 2 rings (SSSR count). The first-order valence-corrected chi connectivity index (χ1v) is 7.03. The van der Waals surface area contributed by atoms with E-state index < -0.39 is 5.41 Å². The van der Waals surface area contributed by atoms with Crippen LogP contribution in [0.3, 0.4) is 0 Å². The Kier molecular flexibility index (Phi) is 4.25. The van der Waals surface area contributed by atoms with Gasteiger partial charge in [0.2, 0.25) is 5.91 Å². The molecule has 0 radical (unpaired) electrons. The Morgan fingerprint density at radius 1 is 1.32 bits per heavy atom. The van der Waals surface area contributed by atoms with Crippen molar-refractivity contribution in [3.63, 3.8) is 0 Å². The quantitative estimate of drug-likeness (QED) is 0.873. The van der Waals surface area contributed by atoms with Crippen LogP contribution in [0.25, 0.3) is 0 Å². The molecule has 3 heteroatoms. The second kappa shape index (κ2) is 5.74. The summed E-state index contributed by atoms with van der Waals surface area (Å²) < 4.78 is 0. The number of rotatable bonds is 4. The summed E-state index contributed by atoms with van der Waals surface area (Å²) in [7, 11) is 0. The molecule has 1 aromatic carbocycles. The van der Waals surface area contributed by atoms with Crippen molar-refractivity contribution in [2.75, 3.05) is 6.61 Å². The van der Waals surface area contributed by atoms with Gasteiger partial charge in [0.25, 0.3) is 0 Å². The first-order valence-electron chi connectivity index (χ1n) is 7.03. The second-order valence-electron chi connectivity index (χ2n) is 5.94. The first kappa shape index (κ1) is 14.1. The predicted molar refractivity (Wildman–Crippen MR) is 75.8 cm³/mol. The Morgan fingerprint density at radius 3 is 2.63 bits per heavy atom. The van der Waals surface area contributed by atoms with Crippen molar-refractivity contribution in [2.45, 2.75) is 44.6 Å². The van der Waals surface area contributed by atoms with Crippen LogP contribution in [-0.2, 0) is 10.2 Å². The van der Waals surface area contributed by atoms with Crippen molar-refractivity contribution in [1.29, 1.82) is 0 Å². The number of benzene rings is 1. The van der Waals surface area contributed by atoms with Crippen LogP contribution < -0.4 is 5.32 Å². The first-order chi connectivity index (χ1) is 9.05. The molecule has 1 aliphatic rings. The van der Waals surface area contributed by atoms with Crippen LogP contribution in [0.2, 0.25) is 0 Å². The lowest BCUT2D eigenvalue weighted by atomic mass is 9.83. The minimum absolute atomic E-state index is 0.0454. The molecular formula is C16H23NO2. The zero-order valence-electron chi connectivity index (χ0n) is 11.7. The lowest BCUT2D eigenvalue weighted by Gasteiger charge is -2.28. The molecule has 1 fully saturated rings. The second-order valence-corrected chi connectivity index (χ2v) is 5.94. The van der Waals surface area contributed by atoms with Gasteiger partial charge in [-0.05, 0) is 32.3 Å². The van der Waals surface area contributed by atoms with E-state index in [0.717, 1.165) is 24.8 Å². The van der Waals surface area contributed by atoms with Gasteiger partial charge in [0.1, 0.15) is 0 Å². The fraction of sp³-hybridized carbons (Fsp3) is 0.562. The van der Waals surface area contributed by atoms with Crippen LogP contribution in [-0.4, -0.2) is 23.7 Å². The van der Waals surface area contributed by atoms with Crippen molar-refractivity contribution in [3.8, 4) is 0 Å². The van der Waals surface area contributed by atoms with E-state index in [4.69, 9.17) is 0 Å². The van der Waals surface area contributed by atoms with E-state index in [0.29, 0.717) is 0 Å². The smallest absolute Gasteiger partial charge is 0.230 e. The molecule has 2 atom stereocenters. The number of aliphatic hydroxyl groups excluding tert-OH is 1. The van der Waals surface area contributed by atoms with Gasteiger partial charge in [-0.3, -0.25) is 4.79 Å². The number of carbonyl (C=O) groups excluding carboxylic acids is 1. The number of nitrogens with one attached hydrogen (secondary N) is 1. The maximum absolute atomic E-state index is 12.5. The largest absolute Gasteiger partial charge is 0.396 e. The molecule has 2 unspecified atom stereocenters. The van der Waals surface area contributed by atoms with Crippen molar-refractivity contribution in [2.24, 2.45) is 5.92 Å². The third kappa shape index (κ3) is 2.98. The van der Waals surface area contributed by atoms with E-state index in [2.05, 4.69) is 5.32 Å². The molecule has 0 spiro atoms. The highest BCUT2D eigenvalue weighted by atomic mass is 16.3. The molecule has 1 saturated carbocycles. The highest BCUT2D eigenvalue weighted by Gasteiger charge is 2.34. The van der Waals surface area contributed by atoms with Gasteiger partial charge in [0.15, 0.2) is 0 Å². The third-order valence-corrected chi connectivity index (χ3v) is 4.27. The molecule has 1 aliphatic carbocycles. The molecule has 3 nitrogen and oxygen atoms in total. The Balaban J connectivity index is 2.07. The number of carbonyl (C=O) groups is 1. The van der Waals surface area contributed by atoms with Crippen LogP contribution in [0.15, 0.2) is 30.3 Å². The molecule has 0 saturated heterocycles. The van der Waals surface area contributed by atoms with Crippen LogP contribution in [0, 0.1) is 5.92 Å². The lowest BCUT2D eigenvalue weighted by Crippen LogP contribution is -2.47. The third-order valence-electron chi connectivity index (χ3n) is 4.27. The van der Waals surface area contributed by atoms with Gasteiger partial charge < -0.3 is 10.4 Å². The Labute approximate surface area is 115 Å². The molecule has 0 aliphatic heterocycles. The summed E-state index contributed by atoms with van der Waals surface area (Å²) in [5, 5.41) is 12.4. The van der Waals surface area contributed by atoms with Crippen LogP contribution in [0.4, 0.5) is 0 Å². The van der Waals surface area contributed by atoms with Crippen molar-refractivity contribution < 1.29 is 9.90 Å². The predicted octanol–water partition coefficient (Wildman–Crippen LogP) is 2.24. The summed E-state index contributed by atoms with van der Waals surface area (Å²) in [6, 6.07) is 9.96. The molecule has 104 valence electrons. The summed E-state index contributed by atoms with van der Waals surface area (Å²) in [6.45, 7) is 4.05. The topological polar surface area (TPSA) is 49.3 Å². The van der Waals surface area contributed by atoms with Crippen LogP contribution >= 0.6 is 0 Å². The van der Waals surface area contributed by atoms with E-state index in [-0.39, 0.29) is 24.5 Å². The van der Waals surface area contributed by atoms with Gasteiger partial charge >= 0.3 is 0 Å². The summed E-state index contributed by atoms with van der Waals surface area (Å²) in [4.78, 5) is 12.5. The van der Waals surface area contributed by atoms with E-state index in [9.17, 15) is 9.90 Å². The van der Waals surface area contributed by atoms with Crippen LogP contribution in [0.5, 0.6) is 0 Å². The van der Waals surface area contributed by atoms with Gasteiger partial charge in [0.05, 0.1) is 5.41 Å². The number of amides is 1. The molecule has 0 bridgehead atoms. The Hall–Kier alpha value is -1.35. The monoisotopic (exact) mass is 261 g/mol. The summed E-state index contributed by atoms with van der Waals surface area (Å²) in [5.74, 6) is 0.263. The fourth-order valence-electron chi connectivity index (χ4n) is 2.78. The number of hydrogen-bond acceptors (Lipinski definition) is 2. The highest BCUT2D eigenvalue weighted by Crippen LogP contribution is 2.28. The Bertz CT molecular complexity index is 428. The van der Waals surface area contributed by atoms with E-state index in [1.165, 1.54) is 0 Å². The maximum atomic E-state index is 12.5. The highest BCUT2D eigenvalue weighted by molar-refractivity contribution is 5.87. The normalized spacial score (nSPS) is 23.3. The molecular weight excluding hydrogens is 238 g/mol. The molecule has 2 N–H and O–H groups in total. The number of hydrogen-bond donors (Lipinski definition) is 2. The summed E-state index contributed by atoms with van der Waals surface area (Å²) >= 11 is 0. The van der Waals surface area contributed by atoms with Gasteiger partial charge in [-0.15, -0.1) is 0 Å². The van der Waals surface area contributed by atoms with E-state index in [1.54, 1.807) is 0 Å². The minimum Gasteiger partial charge on any atom is -0.396 e. The average Bonchev–Trinajstić information content (AvgIpc) is 2.87. The van der Waals surface area contributed by atoms with E-state index >= 15 is 0 Å². The lowest BCUT2D eigenvalue weighted by molar-refractivity contribution is -0.126. The van der Waals surface area contributed by atoms with Crippen molar-refractivity contribution >= 4 is 5.91 Å². The van der Waals surface area contributed by atoms with Gasteiger partial charge in [-0.1, -0.05) is 36.8 Å². The summed E-state index contributed by atoms with van der Waals surface area (Å²) in [6.07, 6.45) is 3.07. The molecule has 19 heavy (non-hydrogen) atoms. The molecule has 1 amide bonds. The van der Waals surface area contributed by atoms with Gasteiger partial charge in [-0.2, -0.15) is 0 Å². The molecule has 1 aromatic rings. The van der Waals surface area contributed by atoms with E-state index in [1.807, 2.05) is 44.2 Å². The Morgan fingerprint density at radius 2 is 2.00 bits per heavy atom. The van der Waals surface area contributed by atoms with Crippen molar-refractivity contribution in [1.82, 2.24) is 5.32 Å². The zero-order valence-corrected chi connectivity index (χ0v) is 11.7. The zero-order chi connectivity index (χ0) is 13.9. The fourth-order valence-corrected chi connectivity index (χ4v) is 2.78. The molecule has 0 heterocycles. The SMILES string of the molecule is CC(C)(C(=O)NC1CCCC1CO)c1ccccc1. The number of aliphatic hydroxyl groups is 1. The molecule has 0 aromatic heterocycles. The average molecular weight is 261 g/mol. The summed E-state index contributed by atoms with van der Waals surface area (Å²) in [5.41, 5.74) is 0.482. The van der Waals surface area contributed by atoms with Crippen LogP contribution in [0.1, 0.15) is 38.7 Å². The van der Waals surface area contributed by atoms with Gasteiger partial charge in [-0.25, -0.2) is 0 Å².